The molecule has 0 spiro atoms. The topological polar surface area (TPSA) is 12.0 Å². The first kappa shape index (κ1) is 13.5. The average molecular weight is 249 g/mol. The van der Waals surface area contributed by atoms with Crippen molar-refractivity contribution in [3.05, 3.63) is 34.6 Å². The lowest BCUT2D eigenvalue weighted by Gasteiger charge is -2.20. The van der Waals surface area contributed by atoms with Gasteiger partial charge in [0.25, 0.3) is 0 Å². The fraction of sp³-hybridized carbons (Fsp3) is 0.625. The molecule has 1 N–H and O–H groups in total. The van der Waals surface area contributed by atoms with Gasteiger partial charge in [-0.15, -0.1) is 0 Å². The number of nitrogens with one attached hydrogen (secondary N) is 1. The van der Waals surface area contributed by atoms with Gasteiger partial charge in [0.1, 0.15) is 5.82 Å². The zero-order chi connectivity index (χ0) is 13.1. The van der Waals surface area contributed by atoms with E-state index in [0.717, 1.165) is 23.6 Å². The van der Waals surface area contributed by atoms with Crippen LogP contribution in [-0.2, 0) is 6.54 Å². The fourth-order valence-electron chi connectivity index (χ4n) is 3.18. The minimum Gasteiger partial charge on any atom is -0.310 e. The SMILES string of the molecule is CCC1CCCC1NCc1cc(C)c(F)c(C)c1. The summed E-state index contributed by atoms with van der Waals surface area (Å²) in [5.74, 6) is 0.763. The summed E-state index contributed by atoms with van der Waals surface area (Å²) in [5.41, 5.74) is 2.71. The van der Waals surface area contributed by atoms with Crippen molar-refractivity contribution >= 4 is 0 Å². The molecule has 2 atom stereocenters. The standard InChI is InChI=1S/C16H24FN/c1-4-14-6-5-7-15(14)18-10-13-8-11(2)16(17)12(3)9-13/h8-9,14-15,18H,4-7,10H2,1-3H3. The van der Waals surface area contributed by atoms with Gasteiger partial charge in [-0.1, -0.05) is 31.9 Å². The Morgan fingerprint density at radius 2 is 1.89 bits per heavy atom. The van der Waals surface area contributed by atoms with Gasteiger partial charge < -0.3 is 5.32 Å². The van der Waals surface area contributed by atoms with Crippen LogP contribution in [0, 0.1) is 25.6 Å². The number of hydrogen-bond acceptors (Lipinski definition) is 1. The van der Waals surface area contributed by atoms with Crippen LogP contribution < -0.4 is 5.32 Å². The van der Waals surface area contributed by atoms with Crippen molar-refractivity contribution in [3.63, 3.8) is 0 Å². The highest BCUT2D eigenvalue weighted by molar-refractivity contribution is 5.30. The van der Waals surface area contributed by atoms with E-state index in [-0.39, 0.29) is 5.82 Å². The van der Waals surface area contributed by atoms with Crippen molar-refractivity contribution in [2.75, 3.05) is 0 Å². The molecule has 1 aliphatic carbocycles. The number of rotatable bonds is 4. The summed E-state index contributed by atoms with van der Waals surface area (Å²) in [6, 6.07) is 4.58. The van der Waals surface area contributed by atoms with E-state index >= 15 is 0 Å². The molecule has 1 aromatic carbocycles. The largest absolute Gasteiger partial charge is 0.310 e. The molecule has 2 heteroatoms. The molecule has 2 unspecified atom stereocenters. The minimum absolute atomic E-state index is 0.0638. The van der Waals surface area contributed by atoms with E-state index in [1.807, 2.05) is 26.0 Å². The van der Waals surface area contributed by atoms with Gasteiger partial charge >= 0.3 is 0 Å². The minimum atomic E-state index is -0.0638. The van der Waals surface area contributed by atoms with E-state index in [1.54, 1.807) is 0 Å². The lowest BCUT2D eigenvalue weighted by atomic mass is 10.00. The summed E-state index contributed by atoms with van der Waals surface area (Å²) in [5, 5.41) is 3.65. The maximum atomic E-state index is 13.5. The van der Waals surface area contributed by atoms with Crippen molar-refractivity contribution < 1.29 is 4.39 Å². The highest BCUT2D eigenvalue weighted by Gasteiger charge is 2.24. The molecule has 0 amide bonds. The summed E-state index contributed by atoms with van der Waals surface area (Å²) < 4.78 is 13.5. The van der Waals surface area contributed by atoms with Crippen LogP contribution in [0.2, 0.25) is 0 Å². The molecule has 1 nitrogen and oxygen atoms in total. The third-order valence-corrected chi connectivity index (χ3v) is 4.25. The number of halogens is 1. The summed E-state index contributed by atoms with van der Waals surface area (Å²) >= 11 is 0. The van der Waals surface area contributed by atoms with Crippen LogP contribution >= 0.6 is 0 Å². The van der Waals surface area contributed by atoms with Crippen LogP contribution in [0.1, 0.15) is 49.3 Å². The normalized spacial score (nSPS) is 23.6. The van der Waals surface area contributed by atoms with Crippen molar-refractivity contribution in [2.24, 2.45) is 5.92 Å². The lowest BCUT2D eigenvalue weighted by Crippen LogP contribution is -2.31. The maximum Gasteiger partial charge on any atom is 0.129 e. The summed E-state index contributed by atoms with van der Waals surface area (Å²) in [6.07, 6.45) is 5.25. The molecule has 18 heavy (non-hydrogen) atoms. The van der Waals surface area contributed by atoms with Gasteiger partial charge in [0.05, 0.1) is 0 Å². The third-order valence-electron chi connectivity index (χ3n) is 4.25. The van der Waals surface area contributed by atoms with Gasteiger partial charge in [-0.3, -0.25) is 0 Å². The van der Waals surface area contributed by atoms with Crippen molar-refractivity contribution in [1.29, 1.82) is 0 Å². The Kier molecular flexibility index (Phi) is 4.39. The second kappa shape index (κ2) is 5.83. The molecule has 1 aromatic rings. The number of aryl methyl sites for hydroxylation is 2. The van der Waals surface area contributed by atoms with Crippen LogP contribution in [0.5, 0.6) is 0 Å². The van der Waals surface area contributed by atoms with Crippen LogP contribution in [0.25, 0.3) is 0 Å². The Morgan fingerprint density at radius 1 is 1.22 bits per heavy atom. The first-order valence-corrected chi connectivity index (χ1v) is 7.10. The Morgan fingerprint density at radius 3 is 2.50 bits per heavy atom. The van der Waals surface area contributed by atoms with Crippen LogP contribution in [0.3, 0.4) is 0 Å². The molecule has 0 heterocycles. The van der Waals surface area contributed by atoms with E-state index in [9.17, 15) is 4.39 Å². The summed E-state index contributed by atoms with van der Waals surface area (Å²) in [4.78, 5) is 0. The average Bonchev–Trinajstić information content (AvgIpc) is 2.80. The Bertz CT molecular complexity index is 391. The Hall–Kier alpha value is -0.890. The fourth-order valence-corrected chi connectivity index (χ4v) is 3.18. The third kappa shape index (κ3) is 2.92. The van der Waals surface area contributed by atoms with Gasteiger partial charge in [-0.05, 0) is 49.3 Å². The highest BCUT2D eigenvalue weighted by Crippen LogP contribution is 2.28. The summed E-state index contributed by atoms with van der Waals surface area (Å²) in [6.45, 7) is 6.83. The van der Waals surface area contributed by atoms with Crippen LogP contribution in [0.15, 0.2) is 12.1 Å². The molecule has 0 bridgehead atoms. The highest BCUT2D eigenvalue weighted by atomic mass is 19.1. The second-order valence-corrected chi connectivity index (χ2v) is 5.63. The molecular formula is C16H24FN. The number of hydrogen-bond donors (Lipinski definition) is 1. The van der Waals surface area contributed by atoms with Crippen LogP contribution in [0.4, 0.5) is 4.39 Å². The van der Waals surface area contributed by atoms with Crippen LogP contribution in [-0.4, -0.2) is 6.04 Å². The first-order valence-electron chi connectivity index (χ1n) is 7.10. The van der Waals surface area contributed by atoms with Crippen molar-refractivity contribution in [2.45, 2.75) is 59.0 Å². The quantitative estimate of drug-likeness (QED) is 0.846. The van der Waals surface area contributed by atoms with Gasteiger partial charge in [0, 0.05) is 12.6 Å². The zero-order valence-electron chi connectivity index (χ0n) is 11.7. The smallest absolute Gasteiger partial charge is 0.129 e. The first-order chi connectivity index (χ1) is 8.61. The van der Waals surface area contributed by atoms with E-state index in [0.29, 0.717) is 6.04 Å². The van der Waals surface area contributed by atoms with Gasteiger partial charge in [-0.2, -0.15) is 0 Å². The predicted molar refractivity (Wildman–Crippen MR) is 74.1 cm³/mol. The monoisotopic (exact) mass is 249 g/mol. The molecule has 1 saturated carbocycles. The van der Waals surface area contributed by atoms with Gasteiger partial charge in [0.2, 0.25) is 0 Å². The lowest BCUT2D eigenvalue weighted by molar-refractivity contribution is 0.389. The Labute approximate surface area is 110 Å². The zero-order valence-corrected chi connectivity index (χ0v) is 11.7. The molecule has 2 rings (SSSR count). The summed E-state index contributed by atoms with van der Waals surface area (Å²) in [7, 11) is 0. The number of benzene rings is 1. The molecule has 1 aliphatic rings. The molecule has 0 radical (unpaired) electrons. The van der Waals surface area contributed by atoms with Gasteiger partial charge in [-0.25, -0.2) is 4.39 Å². The Balaban J connectivity index is 1.98. The molecule has 100 valence electrons. The van der Waals surface area contributed by atoms with Crippen molar-refractivity contribution in [3.8, 4) is 0 Å². The second-order valence-electron chi connectivity index (χ2n) is 5.63. The van der Waals surface area contributed by atoms with E-state index < -0.39 is 0 Å². The maximum absolute atomic E-state index is 13.5. The van der Waals surface area contributed by atoms with E-state index in [4.69, 9.17) is 0 Å². The molecular weight excluding hydrogens is 225 g/mol. The van der Waals surface area contributed by atoms with Gasteiger partial charge in [0.15, 0.2) is 0 Å². The predicted octanol–water partition coefficient (Wildman–Crippen LogP) is 4.11. The molecule has 0 aliphatic heterocycles. The van der Waals surface area contributed by atoms with E-state index in [2.05, 4.69) is 12.2 Å². The molecule has 1 fully saturated rings. The molecule has 0 aromatic heterocycles. The van der Waals surface area contributed by atoms with Crippen molar-refractivity contribution in [1.82, 2.24) is 5.32 Å². The molecule has 0 saturated heterocycles. The van der Waals surface area contributed by atoms with E-state index in [1.165, 1.54) is 31.2 Å².